The van der Waals surface area contributed by atoms with Crippen molar-refractivity contribution in [1.29, 1.82) is 0 Å². The van der Waals surface area contributed by atoms with E-state index in [4.69, 9.17) is 5.73 Å². The molecule has 0 saturated heterocycles. The minimum atomic E-state index is -0.235. The van der Waals surface area contributed by atoms with Gasteiger partial charge in [0, 0.05) is 18.8 Å². The molecular formula is C10H18N4O. The van der Waals surface area contributed by atoms with E-state index in [1.54, 1.807) is 13.2 Å². The van der Waals surface area contributed by atoms with E-state index in [1.165, 1.54) is 4.68 Å². The average molecular weight is 210 g/mol. The molecule has 0 aliphatic heterocycles. The monoisotopic (exact) mass is 210 g/mol. The van der Waals surface area contributed by atoms with Gasteiger partial charge in [0.1, 0.15) is 0 Å². The van der Waals surface area contributed by atoms with Crippen molar-refractivity contribution in [3.05, 3.63) is 11.9 Å². The number of anilines is 1. The Morgan fingerprint density at radius 2 is 2.27 bits per heavy atom. The van der Waals surface area contributed by atoms with Crippen molar-refractivity contribution in [3.8, 4) is 0 Å². The highest BCUT2D eigenvalue weighted by atomic mass is 16.2. The van der Waals surface area contributed by atoms with Crippen molar-refractivity contribution in [2.75, 3.05) is 5.73 Å². The lowest BCUT2D eigenvalue weighted by Crippen LogP contribution is -2.43. The molecule has 15 heavy (non-hydrogen) atoms. The van der Waals surface area contributed by atoms with Crippen LogP contribution < -0.4 is 11.1 Å². The molecule has 0 saturated carbocycles. The molecule has 0 aliphatic carbocycles. The number of nitrogens with zero attached hydrogens (tertiary/aromatic N) is 2. The number of carbonyl (C=O) groups is 1. The van der Waals surface area contributed by atoms with Gasteiger partial charge in [-0.25, -0.2) is 0 Å². The van der Waals surface area contributed by atoms with Crippen LogP contribution in [-0.4, -0.2) is 21.2 Å². The quantitative estimate of drug-likeness (QED) is 0.779. The molecule has 5 heteroatoms. The van der Waals surface area contributed by atoms with Crippen LogP contribution in [0, 0.1) is 0 Å². The van der Waals surface area contributed by atoms with E-state index >= 15 is 0 Å². The van der Waals surface area contributed by atoms with Gasteiger partial charge in [-0.15, -0.1) is 0 Å². The molecule has 0 aliphatic rings. The minimum Gasteiger partial charge on any atom is -0.396 e. The highest BCUT2D eigenvalue weighted by Gasteiger charge is 2.22. The second-order valence-electron chi connectivity index (χ2n) is 4.30. The third-order valence-corrected chi connectivity index (χ3v) is 2.41. The number of hydrogen-bond donors (Lipinski definition) is 2. The third-order valence-electron chi connectivity index (χ3n) is 2.41. The molecule has 1 amide bonds. The predicted molar refractivity (Wildman–Crippen MR) is 59.5 cm³/mol. The maximum atomic E-state index is 11.8. The van der Waals surface area contributed by atoms with E-state index in [-0.39, 0.29) is 11.4 Å². The number of hydrogen-bond acceptors (Lipinski definition) is 3. The molecule has 0 unspecified atom stereocenters. The average Bonchev–Trinajstić information content (AvgIpc) is 2.45. The van der Waals surface area contributed by atoms with Crippen molar-refractivity contribution in [3.63, 3.8) is 0 Å². The molecule has 0 aromatic carbocycles. The minimum absolute atomic E-state index is 0.222. The van der Waals surface area contributed by atoms with E-state index in [0.29, 0.717) is 11.4 Å². The largest absolute Gasteiger partial charge is 0.396 e. The van der Waals surface area contributed by atoms with Crippen molar-refractivity contribution in [2.45, 2.75) is 32.7 Å². The Balaban J connectivity index is 2.82. The highest BCUT2D eigenvalue weighted by molar-refractivity contribution is 5.97. The molecule has 5 nitrogen and oxygen atoms in total. The number of amides is 1. The van der Waals surface area contributed by atoms with E-state index in [9.17, 15) is 4.79 Å². The highest BCUT2D eigenvalue weighted by Crippen LogP contribution is 2.12. The van der Waals surface area contributed by atoms with E-state index < -0.39 is 0 Å². The van der Waals surface area contributed by atoms with Gasteiger partial charge in [-0.1, -0.05) is 6.92 Å². The van der Waals surface area contributed by atoms with Crippen LogP contribution in [0.5, 0.6) is 0 Å². The summed E-state index contributed by atoms with van der Waals surface area (Å²) in [5, 5.41) is 6.89. The van der Waals surface area contributed by atoms with Crippen LogP contribution in [0.4, 0.5) is 5.69 Å². The summed E-state index contributed by atoms with van der Waals surface area (Å²) in [5.41, 5.74) is 6.12. The van der Waals surface area contributed by atoms with E-state index in [0.717, 1.165) is 6.42 Å². The molecule has 0 fully saturated rings. The molecule has 3 N–H and O–H groups in total. The topological polar surface area (TPSA) is 72.9 Å². The van der Waals surface area contributed by atoms with Crippen molar-refractivity contribution >= 4 is 11.6 Å². The Morgan fingerprint density at radius 1 is 1.67 bits per heavy atom. The summed E-state index contributed by atoms with van der Waals surface area (Å²) in [6.45, 7) is 5.94. The van der Waals surface area contributed by atoms with Gasteiger partial charge in [0.15, 0.2) is 5.69 Å². The van der Waals surface area contributed by atoms with Crippen molar-refractivity contribution in [1.82, 2.24) is 15.1 Å². The lowest BCUT2D eigenvalue weighted by molar-refractivity contribution is 0.0906. The first kappa shape index (κ1) is 11.6. The lowest BCUT2D eigenvalue weighted by atomic mass is 10.0. The van der Waals surface area contributed by atoms with Gasteiger partial charge in [-0.2, -0.15) is 5.10 Å². The molecule has 0 bridgehead atoms. The normalized spacial score (nSPS) is 11.5. The van der Waals surface area contributed by atoms with Crippen molar-refractivity contribution in [2.24, 2.45) is 7.05 Å². The smallest absolute Gasteiger partial charge is 0.274 e. The zero-order valence-electron chi connectivity index (χ0n) is 9.66. The maximum Gasteiger partial charge on any atom is 0.274 e. The fraction of sp³-hybridized carbons (Fsp3) is 0.600. The summed E-state index contributed by atoms with van der Waals surface area (Å²) in [4.78, 5) is 11.8. The molecule has 1 heterocycles. The number of aromatic nitrogens is 2. The van der Waals surface area contributed by atoms with Crippen LogP contribution in [0.2, 0.25) is 0 Å². The van der Waals surface area contributed by atoms with Crippen LogP contribution in [0.25, 0.3) is 0 Å². The second kappa shape index (κ2) is 3.92. The summed E-state index contributed by atoms with van der Waals surface area (Å²) in [6.07, 6.45) is 2.47. The molecule has 84 valence electrons. The Kier molecular flexibility index (Phi) is 3.02. The van der Waals surface area contributed by atoms with Gasteiger partial charge in [0.25, 0.3) is 5.91 Å². The number of nitrogen functional groups attached to an aromatic ring is 1. The predicted octanol–water partition coefficient (Wildman–Crippen LogP) is 0.921. The fourth-order valence-corrected chi connectivity index (χ4v) is 1.14. The molecule has 1 aromatic heterocycles. The second-order valence-corrected chi connectivity index (χ2v) is 4.30. The summed E-state index contributed by atoms with van der Waals surface area (Å²) >= 11 is 0. The van der Waals surface area contributed by atoms with Crippen molar-refractivity contribution < 1.29 is 4.79 Å². The van der Waals surface area contributed by atoms with E-state index in [2.05, 4.69) is 10.4 Å². The molecular weight excluding hydrogens is 192 g/mol. The molecule has 1 rings (SSSR count). The molecule has 0 atom stereocenters. The summed E-state index contributed by atoms with van der Waals surface area (Å²) in [6, 6.07) is 0. The molecule has 0 radical (unpaired) electrons. The standard InChI is InChI=1S/C10H18N4O/c1-5-10(2,3)12-9(15)8-7(11)6-14(4)13-8/h6H,5,11H2,1-4H3,(H,12,15). The number of nitrogens with two attached hydrogens (primary N) is 1. The molecule has 1 aromatic rings. The SMILES string of the molecule is CCC(C)(C)NC(=O)c1nn(C)cc1N. The fourth-order valence-electron chi connectivity index (χ4n) is 1.14. The van der Waals surface area contributed by atoms with Crippen LogP contribution in [0.3, 0.4) is 0 Å². The van der Waals surface area contributed by atoms with Crippen LogP contribution in [-0.2, 0) is 7.05 Å². The summed E-state index contributed by atoms with van der Waals surface area (Å²) in [5.74, 6) is -0.222. The number of carbonyl (C=O) groups excluding carboxylic acids is 1. The van der Waals surface area contributed by atoms with Gasteiger partial charge in [-0.05, 0) is 20.3 Å². The first-order valence-corrected chi connectivity index (χ1v) is 4.97. The number of nitrogens with one attached hydrogen (secondary N) is 1. The van der Waals surface area contributed by atoms with Gasteiger partial charge < -0.3 is 11.1 Å². The zero-order chi connectivity index (χ0) is 11.6. The van der Waals surface area contributed by atoms with E-state index in [1.807, 2.05) is 20.8 Å². The van der Waals surface area contributed by atoms with Gasteiger partial charge in [0.2, 0.25) is 0 Å². The third kappa shape index (κ3) is 2.71. The summed E-state index contributed by atoms with van der Waals surface area (Å²) in [7, 11) is 1.73. The Labute approximate surface area is 89.6 Å². The van der Waals surface area contributed by atoms with Gasteiger partial charge >= 0.3 is 0 Å². The Morgan fingerprint density at radius 3 is 2.67 bits per heavy atom. The number of rotatable bonds is 3. The van der Waals surface area contributed by atoms with Crippen LogP contribution in [0.15, 0.2) is 6.20 Å². The Bertz CT molecular complexity index is 367. The Hall–Kier alpha value is -1.52. The van der Waals surface area contributed by atoms with Gasteiger partial charge in [-0.3, -0.25) is 9.48 Å². The molecule has 0 spiro atoms. The first-order valence-electron chi connectivity index (χ1n) is 4.97. The zero-order valence-corrected chi connectivity index (χ0v) is 9.66. The lowest BCUT2D eigenvalue weighted by Gasteiger charge is -2.23. The first-order chi connectivity index (χ1) is 6.85. The summed E-state index contributed by atoms with van der Waals surface area (Å²) < 4.78 is 1.53. The number of aryl methyl sites for hydroxylation is 1. The van der Waals surface area contributed by atoms with Crippen LogP contribution in [0.1, 0.15) is 37.7 Å². The maximum absolute atomic E-state index is 11.8. The van der Waals surface area contributed by atoms with Gasteiger partial charge in [0.05, 0.1) is 5.69 Å². The van der Waals surface area contributed by atoms with Crippen LogP contribution >= 0.6 is 0 Å².